The Balaban J connectivity index is 2.36. The van der Waals surface area contributed by atoms with Crippen LogP contribution in [-0.2, 0) is 10.1 Å². The number of benzene rings is 2. The van der Waals surface area contributed by atoms with Crippen LogP contribution >= 0.6 is 0 Å². The first-order chi connectivity index (χ1) is 10.3. The summed E-state index contributed by atoms with van der Waals surface area (Å²) in [5.74, 6) is 0. The molecular weight excluding hydrogens is 306 g/mol. The molecule has 7 heteroatoms. The third kappa shape index (κ3) is 3.78. The zero-order chi connectivity index (χ0) is 16.3. The van der Waals surface area contributed by atoms with E-state index in [0.29, 0.717) is 16.7 Å². The fraction of sp³-hybridized carbons (Fsp3) is 0.0667. The Hall–Kier alpha value is -2.51. The molecule has 0 aliphatic heterocycles. The fourth-order valence-electron chi connectivity index (χ4n) is 1.90. The predicted octanol–water partition coefficient (Wildman–Crippen LogP) is 3.32. The summed E-state index contributed by atoms with van der Waals surface area (Å²) in [4.78, 5) is 9.90. The van der Waals surface area contributed by atoms with Crippen molar-refractivity contribution >= 4 is 28.0 Å². The van der Waals surface area contributed by atoms with Crippen molar-refractivity contribution in [1.82, 2.24) is 0 Å². The van der Waals surface area contributed by atoms with Gasteiger partial charge in [0.2, 0.25) is 0 Å². The summed E-state index contributed by atoms with van der Waals surface area (Å²) in [6.07, 6.45) is 3.15. The molecule has 0 fully saturated rings. The van der Waals surface area contributed by atoms with Gasteiger partial charge in [-0.05, 0) is 41.8 Å². The average molecular weight is 319 g/mol. The van der Waals surface area contributed by atoms with E-state index >= 15 is 0 Å². The van der Waals surface area contributed by atoms with Crippen LogP contribution in [0.2, 0.25) is 0 Å². The zero-order valence-corrected chi connectivity index (χ0v) is 12.4. The molecule has 0 unspecified atom stereocenters. The first-order valence-electron chi connectivity index (χ1n) is 6.28. The molecule has 0 aliphatic carbocycles. The molecule has 0 amide bonds. The Morgan fingerprint density at radius 3 is 2.27 bits per heavy atom. The first kappa shape index (κ1) is 15.9. The third-order valence-electron chi connectivity index (χ3n) is 3.01. The van der Waals surface area contributed by atoms with Crippen LogP contribution in [0.3, 0.4) is 0 Å². The van der Waals surface area contributed by atoms with Crippen molar-refractivity contribution in [2.45, 2.75) is 11.8 Å². The Bertz CT molecular complexity index is 839. The second kappa shape index (κ2) is 6.08. The highest BCUT2D eigenvalue weighted by Crippen LogP contribution is 2.20. The molecule has 0 heterocycles. The second-order valence-electron chi connectivity index (χ2n) is 4.70. The van der Waals surface area contributed by atoms with E-state index in [1.54, 1.807) is 37.3 Å². The van der Waals surface area contributed by atoms with E-state index in [4.69, 9.17) is 0 Å². The number of hydrogen-bond donors (Lipinski definition) is 1. The summed E-state index contributed by atoms with van der Waals surface area (Å²) in [7, 11) is -4.32. The molecule has 0 radical (unpaired) electrons. The Morgan fingerprint density at radius 2 is 1.73 bits per heavy atom. The predicted molar refractivity (Wildman–Crippen MR) is 83.0 cm³/mol. The van der Waals surface area contributed by atoms with Crippen LogP contribution < -0.4 is 0 Å². The van der Waals surface area contributed by atoms with Crippen molar-refractivity contribution in [2.75, 3.05) is 0 Å². The average Bonchev–Trinajstić information content (AvgIpc) is 2.45. The van der Waals surface area contributed by atoms with Gasteiger partial charge in [0.15, 0.2) is 0 Å². The van der Waals surface area contributed by atoms with Gasteiger partial charge in [0, 0.05) is 12.1 Å². The van der Waals surface area contributed by atoms with Crippen LogP contribution in [0, 0.1) is 17.0 Å². The van der Waals surface area contributed by atoms with Crippen LogP contribution in [0.25, 0.3) is 12.2 Å². The third-order valence-corrected chi connectivity index (χ3v) is 3.92. The Kier molecular flexibility index (Phi) is 4.39. The van der Waals surface area contributed by atoms with Crippen LogP contribution in [0.4, 0.5) is 5.69 Å². The molecule has 2 aromatic carbocycles. The minimum absolute atomic E-state index is 0.0221. The van der Waals surface area contributed by atoms with Crippen molar-refractivity contribution in [3.05, 3.63) is 69.3 Å². The lowest BCUT2D eigenvalue weighted by atomic mass is 10.1. The van der Waals surface area contributed by atoms with Crippen LogP contribution in [0.15, 0.2) is 47.4 Å². The summed E-state index contributed by atoms with van der Waals surface area (Å²) < 4.78 is 32.0. The standard InChI is InChI=1S/C15H13NO5S/c1-11-2-6-13(15(10-11)22(19,20)21)7-3-12-4-8-14(9-5-12)16(17)18/h2-10H,1H3,(H,19,20,21). The molecule has 22 heavy (non-hydrogen) atoms. The lowest BCUT2D eigenvalue weighted by molar-refractivity contribution is -0.384. The van der Waals surface area contributed by atoms with Crippen molar-refractivity contribution in [1.29, 1.82) is 0 Å². The molecule has 0 atom stereocenters. The zero-order valence-electron chi connectivity index (χ0n) is 11.6. The van der Waals surface area contributed by atoms with E-state index in [9.17, 15) is 23.1 Å². The van der Waals surface area contributed by atoms with Crippen LogP contribution in [0.5, 0.6) is 0 Å². The number of nitro benzene ring substituents is 1. The van der Waals surface area contributed by atoms with Gasteiger partial charge in [0.05, 0.1) is 4.92 Å². The number of rotatable bonds is 4. The quantitative estimate of drug-likeness (QED) is 0.403. The SMILES string of the molecule is Cc1ccc(C=Cc2ccc([N+](=O)[O-])cc2)c(S(=O)(=O)O)c1. The topological polar surface area (TPSA) is 97.5 Å². The molecule has 0 aromatic heterocycles. The lowest BCUT2D eigenvalue weighted by Gasteiger charge is -2.04. The van der Waals surface area contributed by atoms with Gasteiger partial charge in [0.25, 0.3) is 15.8 Å². The second-order valence-corrected chi connectivity index (χ2v) is 6.09. The van der Waals surface area contributed by atoms with Gasteiger partial charge in [-0.3, -0.25) is 14.7 Å². The largest absolute Gasteiger partial charge is 0.295 e. The maximum atomic E-state index is 11.4. The first-order valence-corrected chi connectivity index (χ1v) is 7.72. The summed E-state index contributed by atoms with van der Waals surface area (Å²) in [6, 6.07) is 10.5. The minimum Gasteiger partial charge on any atom is -0.282 e. The van der Waals surface area contributed by atoms with E-state index < -0.39 is 15.0 Å². The Morgan fingerprint density at radius 1 is 1.09 bits per heavy atom. The number of aryl methyl sites for hydroxylation is 1. The molecule has 0 saturated heterocycles. The number of nitrogens with zero attached hydrogens (tertiary/aromatic N) is 1. The van der Waals surface area contributed by atoms with Crippen LogP contribution in [0.1, 0.15) is 16.7 Å². The van der Waals surface area contributed by atoms with Crippen molar-refractivity contribution in [2.24, 2.45) is 0 Å². The smallest absolute Gasteiger partial charge is 0.282 e. The maximum absolute atomic E-state index is 11.4. The highest BCUT2D eigenvalue weighted by Gasteiger charge is 2.13. The van der Waals surface area contributed by atoms with E-state index in [1.807, 2.05) is 0 Å². The van der Waals surface area contributed by atoms with Crippen molar-refractivity contribution < 1.29 is 17.9 Å². The van der Waals surface area contributed by atoms with Gasteiger partial charge in [-0.2, -0.15) is 8.42 Å². The van der Waals surface area contributed by atoms with E-state index in [2.05, 4.69) is 0 Å². The van der Waals surface area contributed by atoms with Gasteiger partial charge < -0.3 is 0 Å². The highest BCUT2D eigenvalue weighted by molar-refractivity contribution is 7.85. The minimum atomic E-state index is -4.32. The highest BCUT2D eigenvalue weighted by atomic mass is 32.2. The molecular formula is C15H13NO5S. The molecule has 0 spiro atoms. The number of hydrogen-bond acceptors (Lipinski definition) is 4. The molecule has 2 rings (SSSR count). The molecule has 114 valence electrons. The monoisotopic (exact) mass is 319 g/mol. The molecule has 6 nitrogen and oxygen atoms in total. The van der Waals surface area contributed by atoms with E-state index in [0.717, 1.165) is 0 Å². The van der Waals surface area contributed by atoms with E-state index in [-0.39, 0.29) is 10.6 Å². The summed E-state index contributed by atoms with van der Waals surface area (Å²) in [6.45, 7) is 1.72. The van der Waals surface area contributed by atoms with Gasteiger partial charge >= 0.3 is 0 Å². The molecule has 0 aliphatic rings. The molecule has 0 saturated carbocycles. The van der Waals surface area contributed by atoms with Gasteiger partial charge in [-0.25, -0.2) is 0 Å². The van der Waals surface area contributed by atoms with Gasteiger partial charge in [0.1, 0.15) is 4.90 Å². The van der Waals surface area contributed by atoms with Crippen molar-refractivity contribution in [3.63, 3.8) is 0 Å². The molecule has 0 bridgehead atoms. The Labute approximate surface area is 127 Å². The van der Waals surface area contributed by atoms with Crippen molar-refractivity contribution in [3.8, 4) is 0 Å². The number of non-ortho nitro benzene ring substituents is 1. The van der Waals surface area contributed by atoms with Gasteiger partial charge in [-0.15, -0.1) is 0 Å². The summed E-state index contributed by atoms with van der Waals surface area (Å²) >= 11 is 0. The molecule has 1 N–H and O–H groups in total. The maximum Gasteiger partial charge on any atom is 0.295 e. The summed E-state index contributed by atoms with van der Waals surface area (Å²) in [5.41, 5.74) is 1.70. The van der Waals surface area contributed by atoms with Crippen LogP contribution in [-0.4, -0.2) is 17.9 Å². The normalized spacial score (nSPS) is 11.7. The van der Waals surface area contributed by atoms with E-state index in [1.165, 1.54) is 24.3 Å². The lowest BCUT2D eigenvalue weighted by Crippen LogP contribution is -2.01. The number of nitro groups is 1. The fourth-order valence-corrected chi connectivity index (χ4v) is 2.66. The summed E-state index contributed by atoms with van der Waals surface area (Å²) in [5, 5.41) is 10.6. The molecule has 2 aromatic rings. The van der Waals surface area contributed by atoms with Gasteiger partial charge in [-0.1, -0.05) is 24.3 Å².